The van der Waals surface area contributed by atoms with E-state index in [1.165, 1.54) is 17.7 Å². The molecular formula is C26H33F3N2O3. The van der Waals surface area contributed by atoms with Gasteiger partial charge in [0.05, 0.1) is 17.6 Å². The maximum Gasteiger partial charge on any atom is 0.416 e. The van der Waals surface area contributed by atoms with Crippen LogP contribution in [-0.4, -0.2) is 60.9 Å². The normalized spacial score (nSPS) is 36.5. The Balaban J connectivity index is 1.26. The number of allylic oxidation sites excluding steroid dienone is 1. The summed E-state index contributed by atoms with van der Waals surface area (Å²) in [6.45, 7) is 7.30. The molecule has 8 heteroatoms. The van der Waals surface area contributed by atoms with Gasteiger partial charge in [-0.05, 0) is 37.0 Å². The number of carbonyl (C=O) groups is 1. The van der Waals surface area contributed by atoms with E-state index in [1.54, 1.807) is 6.07 Å². The van der Waals surface area contributed by atoms with E-state index >= 15 is 0 Å². The lowest BCUT2D eigenvalue weighted by Crippen LogP contribution is -2.55. The lowest BCUT2D eigenvalue weighted by Gasteiger charge is -2.52. The summed E-state index contributed by atoms with van der Waals surface area (Å²) < 4.78 is 45.0. The first-order valence-electron chi connectivity index (χ1n) is 12.3. The molecule has 1 N–H and O–H groups in total. The summed E-state index contributed by atoms with van der Waals surface area (Å²) in [5.41, 5.74) is 0.824. The van der Waals surface area contributed by atoms with Crippen molar-refractivity contribution >= 4 is 11.7 Å². The standard InChI is InChI=1S/C26H33F3N2O3/c1-16-5-3-6-17-14-21-22(23(32)25(16,17)2)20(24(33)34-21)15-30-9-11-31(12-10-30)19-8-4-7-18(13-19)26(27,28)29/h4,6-8,13,16,20-23,32H,3,5,9-12,14-15H2,1-2H3/t16-,20+,21+,22+,23-,25+/m0/s1. The van der Waals surface area contributed by atoms with Crippen molar-refractivity contribution in [2.45, 2.75) is 51.5 Å². The molecular weight excluding hydrogens is 445 g/mol. The van der Waals surface area contributed by atoms with Gasteiger partial charge in [-0.3, -0.25) is 9.69 Å². The van der Waals surface area contributed by atoms with Gasteiger partial charge in [0, 0.05) is 56.2 Å². The van der Waals surface area contributed by atoms with Crippen molar-refractivity contribution in [3.8, 4) is 0 Å². The smallest absolute Gasteiger partial charge is 0.416 e. The molecule has 6 atom stereocenters. The summed E-state index contributed by atoms with van der Waals surface area (Å²) in [5, 5.41) is 11.5. The van der Waals surface area contributed by atoms with Crippen molar-refractivity contribution in [2.24, 2.45) is 23.2 Å². The molecule has 0 bridgehead atoms. The number of rotatable bonds is 3. The van der Waals surface area contributed by atoms with E-state index in [2.05, 4.69) is 24.8 Å². The van der Waals surface area contributed by atoms with E-state index in [1.807, 2.05) is 4.90 Å². The van der Waals surface area contributed by atoms with Crippen LogP contribution in [0.25, 0.3) is 0 Å². The topological polar surface area (TPSA) is 53.0 Å². The summed E-state index contributed by atoms with van der Waals surface area (Å²) in [4.78, 5) is 17.0. The van der Waals surface area contributed by atoms with Crippen molar-refractivity contribution in [3.63, 3.8) is 0 Å². The van der Waals surface area contributed by atoms with Crippen molar-refractivity contribution in [1.29, 1.82) is 0 Å². The third-order valence-electron chi connectivity index (χ3n) is 8.94. The second-order valence-electron chi connectivity index (χ2n) is 10.6. The molecule has 186 valence electrons. The minimum atomic E-state index is -4.36. The molecule has 2 aliphatic heterocycles. The second-order valence-corrected chi connectivity index (χ2v) is 10.6. The summed E-state index contributed by atoms with van der Waals surface area (Å²) in [6.07, 6.45) is -0.296. The van der Waals surface area contributed by atoms with Crippen LogP contribution in [0.3, 0.4) is 0 Å². The summed E-state index contributed by atoms with van der Waals surface area (Å²) in [6, 6.07) is 5.44. The Kier molecular flexibility index (Phi) is 5.96. The van der Waals surface area contributed by atoms with Crippen LogP contribution in [-0.2, 0) is 15.7 Å². The van der Waals surface area contributed by atoms with Gasteiger partial charge in [0.25, 0.3) is 0 Å². The maximum atomic E-state index is 13.1. The Morgan fingerprint density at radius 2 is 1.94 bits per heavy atom. The number of aliphatic hydroxyl groups is 1. The first kappa shape index (κ1) is 23.7. The number of benzene rings is 1. The zero-order valence-corrected chi connectivity index (χ0v) is 19.7. The highest BCUT2D eigenvalue weighted by molar-refractivity contribution is 5.76. The van der Waals surface area contributed by atoms with E-state index in [9.17, 15) is 23.1 Å². The van der Waals surface area contributed by atoms with Gasteiger partial charge in [0.1, 0.15) is 6.10 Å². The molecule has 5 nitrogen and oxygen atoms in total. The third-order valence-corrected chi connectivity index (χ3v) is 8.94. The molecule has 1 saturated carbocycles. The fraction of sp³-hybridized carbons (Fsp3) is 0.654. The van der Waals surface area contributed by atoms with Gasteiger partial charge in [-0.2, -0.15) is 13.2 Å². The van der Waals surface area contributed by atoms with Crippen LogP contribution < -0.4 is 4.90 Å². The van der Waals surface area contributed by atoms with E-state index in [0.717, 1.165) is 18.9 Å². The van der Waals surface area contributed by atoms with E-state index in [0.29, 0.717) is 50.7 Å². The molecule has 34 heavy (non-hydrogen) atoms. The van der Waals surface area contributed by atoms with E-state index < -0.39 is 17.8 Å². The first-order valence-corrected chi connectivity index (χ1v) is 12.3. The summed E-state index contributed by atoms with van der Waals surface area (Å²) >= 11 is 0. The largest absolute Gasteiger partial charge is 0.461 e. The van der Waals surface area contributed by atoms with Crippen molar-refractivity contribution < 1.29 is 27.8 Å². The van der Waals surface area contributed by atoms with Gasteiger partial charge in [0.2, 0.25) is 0 Å². The van der Waals surface area contributed by atoms with Crippen molar-refractivity contribution in [3.05, 3.63) is 41.5 Å². The molecule has 5 rings (SSSR count). The lowest BCUT2D eigenvalue weighted by molar-refractivity contribution is -0.145. The Morgan fingerprint density at radius 3 is 2.65 bits per heavy atom. The number of carbonyl (C=O) groups excluding carboxylic acids is 1. The number of anilines is 1. The third kappa shape index (κ3) is 3.92. The van der Waals surface area contributed by atoms with Gasteiger partial charge < -0.3 is 14.7 Å². The van der Waals surface area contributed by atoms with Crippen LogP contribution in [0.1, 0.15) is 38.7 Å². The van der Waals surface area contributed by atoms with E-state index in [-0.39, 0.29) is 29.3 Å². The number of nitrogens with zero attached hydrogens (tertiary/aromatic N) is 2. The molecule has 4 aliphatic rings. The first-order chi connectivity index (χ1) is 16.1. The molecule has 2 heterocycles. The SMILES string of the molecule is C[C@H]1CCC=C2C[C@H]3OC(=O)[C@H](CN4CCN(c5cccc(C(F)(F)F)c5)CC4)[C@H]3[C@H](O)[C@@]21C. The number of hydrogen-bond acceptors (Lipinski definition) is 5. The van der Waals surface area contributed by atoms with Gasteiger partial charge in [-0.1, -0.05) is 31.6 Å². The van der Waals surface area contributed by atoms with Crippen LogP contribution in [0.15, 0.2) is 35.9 Å². The highest BCUT2D eigenvalue weighted by Gasteiger charge is 2.59. The molecule has 0 aromatic heterocycles. The maximum absolute atomic E-state index is 13.1. The molecule has 3 fully saturated rings. The number of alkyl halides is 3. The van der Waals surface area contributed by atoms with Gasteiger partial charge in [-0.25, -0.2) is 0 Å². The van der Waals surface area contributed by atoms with Crippen LogP contribution >= 0.6 is 0 Å². The molecule has 0 spiro atoms. The monoisotopic (exact) mass is 478 g/mol. The molecule has 1 aromatic carbocycles. The molecule has 0 amide bonds. The Hall–Kier alpha value is -2.06. The van der Waals surface area contributed by atoms with Gasteiger partial charge >= 0.3 is 12.1 Å². The minimum Gasteiger partial charge on any atom is -0.461 e. The predicted molar refractivity (Wildman–Crippen MR) is 122 cm³/mol. The minimum absolute atomic E-state index is 0.225. The van der Waals surface area contributed by atoms with E-state index in [4.69, 9.17) is 4.74 Å². The number of esters is 1. The molecule has 1 aromatic rings. The number of aliphatic hydroxyl groups excluding tert-OH is 1. The predicted octanol–water partition coefficient (Wildman–Crippen LogP) is 4.11. The fourth-order valence-electron chi connectivity index (χ4n) is 6.62. The molecule has 0 radical (unpaired) electrons. The highest BCUT2D eigenvalue weighted by atomic mass is 19.4. The second kappa shape index (κ2) is 8.55. The summed E-state index contributed by atoms with van der Waals surface area (Å²) in [5.74, 6) is -0.495. The zero-order chi connectivity index (χ0) is 24.3. The average Bonchev–Trinajstić information content (AvgIpc) is 3.11. The van der Waals surface area contributed by atoms with Gasteiger partial charge in [-0.15, -0.1) is 0 Å². The van der Waals surface area contributed by atoms with Crippen LogP contribution in [0.5, 0.6) is 0 Å². The number of hydrogen-bond donors (Lipinski definition) is 1. The molecule has 2 aliphatic carbocycles. The number of piperazine rings is 1. The Morgan fingerprint density at radius 1 is 1.21 bits per heavy atom. The quantitative estimate of drug-likeness (QED) is 0.524. The van der Waals surface area contributed by atoms with Crippen molar-refractivity contribution in [1.82, 2.24) is 4.90 Å². The Bertz CT molecular complexity index is 972. The number of ether oxygens (including phenoxy) is 1. The molecule has 2 saturated heterocycles. The zero-order valence-electron chi connectivity index (χ0n) is 19.7. The lowest BCUT2D eigenvalue weighted by atomic mass is 9.55. The fourth-order valence-corrected chi connectivity index (χ4v) is 6.62. The van der Waals surface area contributed by atoms with Gasteiger partial charge in [0.15, 0.2) is 0 Å². The van der Waals surface area contributed by atoms with Crippen LogP contribution in [0, 0.1) is 23.2 Å². The van der Waals surface area contributed by atoms with Crippen molar-refractivity contribution in [2.75, 3.05) is 37.6 Å². The average molecular weight is 479 g/mol. The van der Waals surface area contributed by atoms with Crippen LogP contribution in [0.4, 0.5) is 18.9 Å². The molecule has 0 unspecified atom stereocenters. The Labute approximate surface area is 198 Å². The summed E-state index contributed by atoms with van der Waals surface area (Å²) in [7, 11) is 0. The number of halogens is 3. The van der Waals surface area contributed by atoms with Crippen LogP contribution in [0.2, 0.25) is 0 Å². The highest BCUT2D eigenvalue weighted by Crippen LogP contribution is 2.56. The number of fused-ring (bicyclic) bond motifs is 2.